The molecule has 3 rings (SSSR count). The van der Waals surface area contributed by atoms with Gasteiger partial charge in [-0.1, -0.05) is 18.2 Å². The maximum atomic E-state index is 13.1. The summed E-state index contributed by atoms with van der Waals surface area (Å²) in [4.78, 5) is 0. The standard InChI is InChI=1S/C18H15F6NO/c19-17(20,21)13-7-12(8-14(9-13)18(22,23)24)16(10-26)6-5-11-3-1-2-4-15(11)25-16/h1-4,7-9,25-26H,5-6,10H2. The lowest BCUT2D eigenvalue weighted by Gasteiger charge is -2.39. The summed E-state index contributed by atoms with van der Waals surface area (Å²) in [6, 6.07) is 8.42. The first-order valence-corrected chi connectivity index (χ1v) is 7.82. The van der Waals surface area contributed by atoms with Crippen LogP contribution in [0.2, 0.25) is 0 Å². The number of para-hydroxylation sites is 1. The minimum atomic E-state index is -4.93. The lowest BCUT2D eigenvalue weighted by Crippen LogP contribution is -2.42. The van der Waals surface area contributed by atoms with E-state index in [0.29, 0.717) is 24.2 Å². The maximum absolute atomic E-state index is 13.1. The third kappa shape index (κ3) is 3.38. The van der Waals surface area contributed by atoms with E-state index in [9.17, 15) is 31.4 Å². The molecule has 0 bridgehead atoms. The lowest BCUT2D eigenvalue weighted by atomic mass is 9.80. The second kappa shape index (κ2) is 6.19. The average molecular weight is 375 g/mol. The van der Waals surface area contributed by atoms with E-state index in [-0.39, 0.29) is 18.1 Å². The Hall–Kier alpha value is -2.22. The van der Waals surface area contributed by atoms with Gasteiger partial charge < -0.3 is 10.4 Å². The third-order valence-corrected chi connectivity index (χ3v) is 4.62. The van der Waals surface area contributed by atoms with Crippen molar-refractivity contribution in [3.63, 3.8) is 0 Å². The van der Waals surface area contributed by atoms with Crippen molar-refractivity contribution in [2.45, 2.75) is 30.7 Å². The van der Waals surface area contributed by atoms with Crippen LogP contribution in [0.15, 0.2) is 42.5 Å². The Kier molecular flexibility index (Phi) is 4.42. The van der Waals surface area contributed by atoms with Gasteiger partial charge in [-0.15, -0.1) is 0 Å². The number of aliphatic hydroxyl groups is 1. The first-order valence-electron chi connectivity index (χ1n) is 7.82. The van der Waals surface area contributed by atoms with Crippen LogP contribution in [0, 0.1) is 0 Å². The number of benzene rings is 2. The topological polar surface area (TPSA) is 32.3 Å². The first kappa shape index (κ1) is 18.6. The van der Waals surface area contributed by atoms with Crippen LogP contribution in [0.4, 0.5) is 32.0 Å². The fourth-order valence-corrected chi connectivity index (χ4v) is 3.19. The summed E-state index contributed by atoms with van der Waals surface area (Å²) in [5.74, 6) is 0. The summed E-state index contributed by atoms with van der Waals surface area (Å²) in [6.45, 7) is -0.639. The van der Waals surface area contributed by atoms with E-state index >= 15 is 0 Å². The van der Waals surface area contributed by atoms with Gasteiger partial charge in [-0.05, 0) is 48.2 Å². The zero-order chi connectivity index (χ0) is 19.2. The number of nitrogens with one attached hydrogen (secondary N) is 1. The zero-order valence-electron chi connectivity index (χ0n) is 13.4. The van der Waals surface area contributed by atoms with Crippen LogP contribution in [0.25, 0.3) is 0 Å². The van der Waals surface area contributed by atoms with Crippen molar-refractivity contribution in [2.24, 2.45) is 0 Å². The molecule has 0 amide bonds. The molecule has 0 aromatic heterocycles. The minimum absolute atomic E-state index is 0.0886. The molecule has 8 heteroatoms. The second-order valence-electron chi connectivity index (χ2n) is 6.32. The van der Waals surface area contributed by atoms with Gasteiger partial charge in [0.05, 0.1) is 23.3 Å². The van der Waals surface area contributed by atoms with Gasteiger partial charge in [-0.25, -0.2) is 0 Å². The highest BCUT2D eigenvalue weighted by Crippen LogP contribution is 2.42. The van der Waals surface area contributed by atoms with Gasteiger partial charge in [0.2, 0.25) is 0 Å². The quantitative estimate of drug-likeness (QED) is 0.727. The molecule has 1 unspecified atom stereocenters. The Morgan fingerprint density at radius 2 is 1.50 bits per heavy atom. The molecule has 1 atom stereocenters. The van der Waals surface area contributed by atoms with Crippen LogP contribution in [0.1, 0.15) is 28.7 Å². The van der Waals surface area contributed by atoms with Gasteiger partial charge in [0, 0.05) is 5.69 Å². The molecular formula is C18H15F6NO. The Labute approximate surface area is 145 Å². The fraction of sp³-hybridized carbons (Fsp3) is 0.333. The summed E-state index contributed by atoms with van der Waals surface area (Å²) in [5, 5.41) is 12.8. The van der Waals surface area contributed by atoms with Crippen LogP contribution in [-0.4, -0.2) is 11.7 Å². The van der Waals surface area contributed by atoms with Crippen molar-refractivity contribution in [3.8, 4) is 0 Å². The van der Waals surface area contributed by atoms with Crippen LogP contribution in [-0.2, 0) is 24.3 Å². The number of hydrogen-bond donors (Lipinski definition) is 2. The molecule has 0 fully saturated rings. The molecule has 0 aliphatic carbocycles. The molecule has 2 N–H and O–H groups in total. The van der Waals surface area contributed by atoms with Gasteiger partial charge in [0.25, 0.3) is 0 Å². The maximum Gasteiger partial charge on any atom is 0.416 e. The number of hydrogen-bond acceptors (Lipinski definition) is 2. The highest BCUT2D eigenvalue weighted by Gasteiger charge is 2.41. The number of alkyl halides is 6. The number of aryl methyl sites for hydroxylation is 1. The smallest absolute Gasteiger partial charge is 0.394 e. The second-order valence-corrected chi connectivity index (χ2v) is 6.32. The van der Waals surface area contributed by atoms with Gasteiger partial charge in [-0.3, -0.25) is 0 Å². The van der Waals surface area contributed by atoms with Gasteiger partial charge in [0.1, 0.15) is 0 Å². The molecule has 2 aromatic rings. The summed E-state index contributed by atoms with van der Waals surface area (Å²) in [5.41, 5.74) is -2.98. The summed E-state index contributed by atoms with van der Waals surface area (Å²) in [6.07, 6.45) is -9.28. The van der Waals surface area contributed by atoms with E-state index in [1.807, 2.05) is 6.07 Å². The molecular weight excluding hydrogens is 360 g/mol. The SMILES string of the molecule is OCC1(c2cc(C(F)(F)F)cc(C(F)(F)F)c2)CCc2ccccc2N1. The van der Waals surface area contributed by atoms with Crippen LogP contribution < -0.4 is 5.32 Å². The summed E-state index contributed by atoms with van der Waals surface area (Å²) < 4.78 is 78.7. The molecule has 2 nitrogen and oxygen atoms in total. The number of rotatable bonds is 2. The normalized spacial score (nSPS) is 20.4. The molecule has 0 radical (unpaired) electrons. The largest absolute Gasteiger partial charge is 0.416 e. The van der Waals surface area contributed by atoms with E-state index in [2.05, 4.69) is 5.32 Å². The molecule has 0 saturated carbocycles. The zero-order valence-corrected chi connectivity index (χ0v) is 13.4. The highest BCUT2D eigenvalue weighted by atomic mass is 19.4. The molecule has 1 aliphatic rings. The molecule has 0 saturated heterocycles. The molecule has 26 heavy (non-hydrogen) atoms. The average Bonchev–Trinajstić information content (AvgIpc) is 2.59. The fourth-order valence-electron chi connectivity index (χ4n) is 3.19. The van der Waals surface area contributed by atoms with Crippen LogP contribution >= 0.6 is 0 Å². The van der Waals surface area contributed by atoms with Crippen LogP contribution in [0.5, 0.6) is 0 Å². The van der Waals surface area contributed by atoms with E-state index in [0.717, 1.165) is 5.56 Å². The highest BCUT2D eigenvalue weighted by molar-refractivity contribution is 5.57. The monoisotopic (exact) mass is 375 g/mol. The predicted octanol–water partition coefficient (Wildman–Crippen LogP) is 4.97. The Balaban J connectivity index is 2.15. The van der Waals surface area contributed by atoms with Crippen molar-refractivity contribution < 1.29 is 31.4 Å². The van der Waals surface area contributed by atoms with E-state index in [1.165, 1.54) is 0 Å². The van der Waals surface area contributed by atoms with Crippen molar-refractivity contribution in [1.29, 1.82) is 0 Å². The Bertz CT molecular complexity index is 782. The number of fused-ring (bicyclic) bond motifs is 1. The lowest BCUT2D eigenvalue weighted by molar-refractivity contribution is -0.143. The van der Waals surface area contributed by atoms with Crippen molar-refractivity contribution in [3.05, 3.63) is 64.7 Å². The Morgan fingerprint density at radius 1 is 0.923 bits per heavy atom. The van der Waals surface area contributed by atoms with E-state index in [1.54, 1.807) is 18.2 Å². The molecule has 1 heterocycles. The minimum Gasteiger partial charge on any atom is -0.394 e. The van der Waals surface area contributed by atoms with E-state index < -0.39 is 35.6 Å². The number of halogens is 6. The summed E-state index contributed by atoms with van der Waals surface area (Å²) in [7, 11) is 0. The third-order valence-electron chi connectivity index (χ3n) is 4.62. The predicted molar refractivity (Wildman–Crippen MR) is 83.6 cm³/mol. The molecule has 0 spiro atoms. The van der Waals surface area contributed by atoms with Gasteiger partial charge >= 0.3 is 12.4 Å². The van der Waals surface area contributed by atoms with Gasteiger partial charge in [-0.2, -0.15) is 26.3 Å². The van der Waals surface area contributed by atoms with Crippen molar-refractivity contribution in [1.82, 2.24) is 0 Å². The van der Waals surface area contributed by atoms with Gasteiger partial charge in [0.15, 0.2) is 0 Å². The summed E-state index contributed by atoms with van der Waals surface area (Å²) >= 11 is 0. The van der Waals surface area contributed by atoms with Crippen molar-refractivity contribution >= 4 is 5.69 Å². The Morgan fingerprint density at radius 3 is 2.04 bits per heavy atom. The number of aliphatic hydroxyl groups excluding tert-OH is 1. The molecule has 140 valence electrons. The number of anilines is 1. The molecule has 1 aliphatic heterocycles. The van der Waals surface area contributed by atoms with Crippen molar-refractivity contribution in [2.75, 3.05) is 11.9 Å². The first-order chi connectivity index (χ1) is 12.0. The molecule has 2 aromatic carbocycles. The van der Waals surface area contributed by atoms with Crippen LogP contribution in [0.3, 0.4) is 0 Å². The van der Waals surface area contributed by atoms with E-state index in [4.69, 9.17) is 0 Å².